The van der Waals surface area contributed by atoms with Crippen molar-refractivity contribution in [3.8, 4) is 0 Å². The van der Waals surface area contributed by atoms with Gasteiger partial charge in [-0.15, -0.1) is 0 Å². The molecule has 0 aromatic carbocycles. The summed E-state index contributed by atoms with van der Waals surface area (Å²) >= 11 is 0. The fourth-order valence-electron chi connectivity index (χ4n) is 1.43. The van der Waals surface area contributed by atoms with E-state index in [0.717, 1.165) is 18.9 Å². The van der Waals surface area contributed by atoms with Crippen molar-refractivity contribution in [2.24, 2.45) is 11.7 Å². The number of hydrogen-bond donors (Lipinski definition) is 1. The van der Waals surface area contributed by atoms with Crippen LogP contribution in [0.5, 0.6) is 0 Å². The molecule has 1 aliphatic rings. The Morgan fingerprint density at radius 2 is 1.87 bits per heavy atom. The first-order valence-corrected chi connectivity index (χ1v) is 9.04. The molecule has 0 amide bonds. The molecule has 90 valence electrons. The predicted octanol–water partition coefficient (Wildman–Crippen LogP) is 3.14. The molecule has 0 aromatic heterocycles. The Kier molecular flexibility index (Phi) is 4.01. The van der Waals surface area contributed by atoms with Crippen LogP contribution in [0.3, 0.4) is 0 Å². The van der Waals surface area contributed by atoms with Gasteiger partial charge in [0.25, 0.3) is 0 Å². The molecular formula is C12H27NOSi. The summed E-state index contributed by atoms with van der Waals surface area (Å²) in [5.74, 6) is 0.799. The van der Waals surface area contributed by atoms with Crippen LogP contribution in [0.15, 0.2) is 0 Å². The van der Waals surface area contributed by atoms with Crippen molar-refractivity contribution >= 4 is 8.32 Å². The van der Waals surface area contributed by atoms with Crippen LogP contribution in [0.2, 0.25) is 18.1 Å². The third kappa shape index (κ3) is 3.89. The minimum atomic E-state index is -1.54. The minimum absolute atomic E-state index is 0.316. The first-order valence-electron chi connectivity index (χ1n) is 6.13. The third-order valence-electron chi connectivity index (χ3n) is 3.95. The van der Waals surface area contributed by atoms with Gasteiger partial charge in [-0.05, 0) is 43.3 Å². The zero-order chi connectivity index (χ0) is 11.7. The van der Waals surface area contributed by atoms with Crippen LogP contribution in [0.25, 0.3) is 0 Å². The maximum Gasteiger partial charge on any atom is 0.191 e. The maximum absolute atomic E-state index is 6.10. The lowest BCUT2D eigenvalue weighted by atomic mass is 10.1. The van der Waals surface area contributed by atoms with Crippen molar-refractivity contribution in [3.63, 3.8) is 0 Å². The van der Waals surface area contributed by atoms with E-state index in [0.29, 0.717) is 11.1 Å². The van der Waals surface area contributed by atoms with Crippen LogP contribution >= 0.6 is 0 Å². The number of hydrogen-bond acceptors (Lipinski definition) is 2. The minimum Gasteiger partial charge on any atom is -0.417 e. The van der Waals surface area contributed by atoms with E-state index in [1.807, 2.05) is 0 Å². The average molecular weight is 229 g/mol. The summed E-state index contributed by atoms with van der Waals surface area (Å²) in [7, 11) is -1.54. The Morgan fingerprint density at radius 1 is 1.33 bits per heavy atom. The Hall–Kier alpha value is 0.137. The van der Waals surface area contributed by atoms with E-state index in [2.05, 4.69) is 33.9 Å². The Bertz CT molecular complexity index is 206. The van der Waals surface area contributed by atoms with Crippen molar-refractivity contribution in [1.29, 1.82) is 0 Å². The zero-order valence-electron chi connectivity index (χ0n) is 11.0. The van der Waals surface area contributed by atoms with Gasteiger partial charge >= 0.3 is 0 Å². The van der Waals surface area contributed by atoms with Gasteiger partial charge in [0.05, 0.1) is 0 Å². The molecule has 15 heavy (non-hydrogen) atoms. The van der Waals surface area contributed by atoms with Gasteiger partial charge in [0, 0.05) is 12.6 Å². The van der Waals surface area contributed by atoms with Gasteiger partial charge in [-0.1, -0.05) is 20.8 Å². The number of rotatable bonds is 5. The average Bonchev–Trinajstić information content (AvgIpc) is 2.83. The molecule has 1 rings (SSSR count). The molecule has 0 spiro atoms. The fraction of sp³-hybridized carbons (Fsp3) is 1.00. The second-order valence-corrected chi connectivity index (χ2v) is 11.2. The van der Waals surface area contributed by atoms with Gasteiger partial charge in [0.2, 0.25) is 0 Å². The molecule has 3 heteroatoms. The summed E-state index contributed by atoms with van der Waals surface area (Å²) in [6.45, 7) is 12.3. The summed E-state index contributed by atoms with van der Waals surface area (Å²) in [6, 6.07) is 0.384. The van der Waals surface area contributed by atoms with Crippen molar-refractivity contribution in [3.05, 3.63) is 0 Å². The molecule has 2 nitrogen and oxygen atoms in total. The molecule has 0 radical (unpaired) electrons. The highest BCUT2D eigenvalue weighted by Gasteiger charge is 2.37. The molecule has 0 heterocycles. The van der Waals surface area contributed by atoms with Crippen molar-refractivity contribution in [2.45, 2.75) is 64.2 Å². The van der Waals surface area contributed by atoms with Crippen LogP contribution < -0.4 is 5.73 Å². The highest BCUT2D eigenvalue weighted by atomic mass is 28.4. The molecular weight excluding hydrogens is 202 g/mol. The van der Waals surface area contributed by atoms with Gasteiger partial charge in [-0.25, -0.2) is 0 Å². The fourth-order valence-corrected chi connectivity index (χ4v) is 2.49. The Morgan fingerprint density at radius 3 is 2.27 bits per heavy atom. The standard InChI is InChI=1S/C12H27NOSi/c1-12(2,3)15(4,5)14-9-8-11(13)10-6-7-10/h10-11H,6-9,13H2,1-5H3. The van der Waals surface area contributed by atoms with Gasteiger partial charge in [-0.3, -0.25) is 0 Å². The van der Waals surface area contributed by atoms with E-state index in [1.165, 1.54) is 12.8 Å². The molecule has 0 aromatic rings. The maximum atomic E-state index is 6.10. The Labute approximate surface area is 95.7 Å². The largest absolute Gasteiger partial charge is 0.417 e. The molecule has 1 fully saturated rings. The van der Waals surface area contributed by atoms with Crippen molar-refractivity contribution < 1.29 is 4.43 Å². The quantitative estimate of drug-likeness (QED) is 0.735. The zero-order valence-corrected chi connectivity index (χ0v) is 12.0. The van der Waals surface area contributed by atoms with E-state index in [9.17, 15) is 0 Å². The highest BCUT2D eigenvalue weighted by Crippen LogP contribution is 2.37. The topological polar surface area (TPSA) is 35.2 Å². The van der Waals surface area contributed by atoms with Gasteiger partial charge in [0.15, 0.2) is 8.32 Å². The molecule has 1 atom stereocenters. The monoisotopic (exact) mass is 229 g/mol. The number of nitrogens with two attached hydrogens (primary N) is 1. The van der Waals surface area contributed by atoms with E-state index >= 15 is 0 Å². The van der Waals surface area contributed by atoms with Crippen LogP contribution in [0.4, 0.5) is 0 Å². The van der Waals surface area contributed by atoms with E-state index in [-0.39, 0.29) is 0 Å². The second kappa shape index (κ2) is 4.56. The lowest BCUT2D eigenvalue weighted by Crippen LogP contribution is -2.41. The molecule has 1 saturated carbocycles. The molecule has 0 saturated heterocycles. The van der Waals surface area contributed by atoms with Crippen LogP contribution in [0.1, 0.15) is 40.0 Å². The first-order chi connectivity index (χ1) is 6.74. The van der Waals surface area contributed by atoms with Gasteiger partial charge in [-0.2, -0.15) is 0 Å². The summed E-state index contributed by atoms with van der Waals surface area (Å²) in [5.41, 5.74) is 6.05. The van der Waals surface area contributed by atoms with Crippen LogP contribution in [-0.4, -0.2) is 21.0 Å². The van der Waals surface area contributed by atoms with E-state index in [4.69, 9.17) is 10.2 Å². The SMILES string of the molecule is CC(C)(C)[Si](C)(C)OCCC(N)C1CC1. The summed E-state index contributed by atoms with van der Waals surface area (Å²) in [4.78, 5) is 0. The van der Waals surface area contributed by atoms with E-state index in [1.54, 1.807) is 0 Å². The summed E-state index contributed by atoms with van der Waals surface area (Å²) < 4.78 is 6.10. The molecule has 2 N–H and O–H groups in total. The summed E-state index contributed by atoms with van der Waals surface area (Å²) in [5, 5.41) is 0.316. The Balaban J connectivity index is 2.23. The van der Waals surface area contributed by atoms with Crippen LogP contribution in [0, 0.1) is 5.92 Å². The smallest absolute Gasteiger partial charge is 0.191 e. The van der Waals surface area contributed by atoms with Gasteiger partial charge < -0.3 is 10.2 Å². The lowest BCUT2D eigenvalue weighted by molar-refractivity contribution is 0.267. The molecule has 1 unspecified atom stereocenters. The molecule has 1 aliphatic carbocycles. The lowest BCUT2D eigenvalue weighted by Gasteiger charge is -2.36. The molecule has 0 bridgehead atoms. The third-order valence-corrected chi connectivity index (χ3v) is 8.49. The van der Waals surface area contributed by atoms with E-state index < -0.39 is 8.32 Å². The normalized spacial score (nSPS) is 20.4. The predicted molar refractivity (Wildman–Crippen MR) is 68.5 cm³/mol. The van der Waals surface area contributed by atoms with Crippen molar-refractivity contribution in [2.75, 3.05) is 6.61 Å². The van der Waals surface area contributed by atoms with Crippen molar-refractivity contribution in [1.82, 2.24) is 0 Å². The first kappa shape index (κ1) is 13.2. The summed E-state index contributed by atoms with van der Waals surface area (Å²) in [6.07, 6.45) is 3.71. The van der Waals surface area contributed by atoms with Crippen LogP contribution in [-0.2, 0) is 4.43 Å². The molecule has 0 aliphatic heterocycles. The highest BCUT2D eigenvalue weighted by molar-refractivity contribution is 6.74. The van der Waals surface area contributed by atoms with Gasteiger partial charge in [0.1, 0.15) is 0 Å². The second-order valence-electron chi connectivity index (χ2n) is 6.40.